The third kappa shape index (κ3) is 4.20. The molecule has 3 N–H and O–H groups in total. The van der Waals surface area contributed by atoms with Gasteiger partial charge in [0.25, 0.3) is 0 Å². The number of ether oxygens (including phenoxy) is 2. The van der Waals surface area contributed by atoms with Gasteiger partial charge in [-0.05, 0) is 49.7 Å². The Bertz CT molecular complexity index is 574. The van der Waals surface area contributed by atoms with E-state index >= 15 is 0 Å². The first-order valence-electron chi connectivity index (χ1n) is 9.14. The molecule has 3 unspecified atom stereocenters. The maximum Gasteiger partial charge on any atom is 0.231 e. The van der Waals surface area contributed by atoms with Crippen LogP contribution >= 0.6 is 12.4 Å². The van der Waals surface area contributed by atoms with Gasteiger partial charge >= 0.3 is 0 Å². The molecule has 2 saturated heterocycles. The predicted molar refractivity (Wildman–Crippen MR) is 100 cm³/mol. The summed E-state index contributed by atoms with van der Waals surface area (Å²) >= 11 is 0. The number of hydrazine groups is 1. The molecular weight excluding hydrogens is 340 g/mol. The van der Waals surface area contributed by atoms with E-state index in [-0.39, 0.29) is 12.4 Å². The lowest BCUT2D eigenvalue weighted by molar-refractivity contribution is 0.174. The van der Waals surface area contributed by atoms with Gasteiger partial charge in [-0.1, -0.05) is 13.0 Å². The molecule has 0 aliphatic carbocycles. The Labute approximate surface area is 156 Å². The number of benzene rings is 1. The molecule has 0 aromatic heterocycles. The molecule has 2 fully saturated rings. The van der Waals surface area contributed by atoms with Crippen LogP contribution in [-0.4, -0.2) is 51.0 Å². The topological polar surface area (TPSA) is 57.8 Å². The number of likely N-dealkylation sites (tertiary alicyclic amines) is 1. The van der Waals surface area contributed by atoms with Crippen LogP contribution in [0.3, 0.4) is 0 Å². The summed E-state index contributed by atoms with van der Waals surface area (Å²) in [5.41, 5.74) is 7.99. The lowest BCUT2D eigenvalue weighted by Crippen LogP contribution is -2.32. The zero-order valence-electron chi connectivity index (χ0n) is 14.8. The molecule has 1 aromatic carbocycles. The minimum atomic E-state index is 0. The van der Waals surface area contributed by atoms with E-state index in [0.717, 1.165) is 37.1 Å². The minimum Gasteiger partial charge on any atom is -0.454 e. The zero-order valence-corrected chi connectivity index (χ0v) is 15.6. The van der Waals surface area contributed by atoms with Crippen LogP contribution in [0, 0.1) is 11.8 Å². The molecule has 0 radical (unpaired) electrons. The maximum atomic E-state index is 5.51. The summed E-state index contributed by atoms with van der Waals surface area (Å²) < 4.78 is 10.9. The number of rotatable bonds is 6. The average molecular weight is 369 g/mol. The third-order valence-corrected chi connectivity index (χ3v) is 5.51. The monoisotopic (exact) mass is 368 g/mol. The van der Waals surface area contributed by atoms with Crippen molar-refractivity contribution >= 4 is 12.4 Å². The number of nitrogens with one attached hydrogen (secondary N) is 3. The van der Waals surface area contributed by atoms with E-state index in [1.807, 2.05) is 6.07 Å². The second-order valence-electron chi connectivity index (χ2n) is 7.08. The van der Waals surface area contributed by atoms with E-state index < -0.39 is 0 Å². The molecule has 0 amide bonds. The number of hydrogen-bond donors (Lipinski definition) is 3. The summed E-state index contributed by atoms with van der Waals surface area (Å²) in [6.45, 7) is 9.41. The van der Waals surface area contributed by atoms with Crippen LogP contribution in [0.1, 0.15) is 24.9 Å². The van der Waals surface area contributed by atoms with Crippen molar-refractivity contribution in [1.29, 1.82) is 0 Å². The van der Waals surface area contributed by atoms with Gasteiger partial charge in [-0.2, -0.15) is 0 Å². The first-order chi connectivity index (χ1) is 11.8. The molecule has 25 heavy (non-hydrogen) atoms. The first kappa shape index (κ1) is 18.7. The number of nitrogens with zero attached hydrogens (tertiary/aromatic N) is 1. The van der Waals surface area contributed by atoms with Gasteiger partial charge in [0.15, 0.2) is 11.5 Å². The summed E-state index contributed by atoms with van der Waals surface area (Å²) in [6, 6.07) is 6.57. The van der Waals surface area contributed by atoms with Crippen molar-refractivity contribution in [3.8, 4) is 11.5 Å². The largest absolute Gasteiger partial charge is 0.454 e. The van der Waals surface area contributed by atoms with E-state index in [4.69, 9.17) is 9.47 Å². The van der Waals surface area contributed by atoms with E-state index in [1.54, 1.807) is 0 Å². The van der Waals surface area contributed by atoms with Crippen LogP contribution in [0.4, 0.5) is 0 Å². The Morgan fingerprint density at radius 1 is 1.24 bits per heavy atom. The summed E-state index contributed by atoms with van der Waals surface area (Å²) in [4.78, 5) is 2.54. The van der Waals surface area contributed by atoms with Crippen molar-refractivity contribution in [1.82, 2.24) is 21.1 Å². The van der Waals surface area contributed by atoms with Crippen LogP contribution in [0.2, 0.25) is 0 Å². The standard InChI is InChI=1S/C18H28N4O2.ClH/c1-2-22-6-5-13(11-22)8-19-9-15-10-20-21-18(15)14-3-4-16-17(7-14)24-12-23-16;/h3-4,7,13,15,18-21H,2,5-6,8-12H2,1H3;1H. The SMILES string of the molecule is CCN1CCC(CNCC2CNNC2c2ccc3c(c2)OCO3)C1.Cl. The first-order valence-corrected chi connectivity index (χ1v) is 9.14. The van der Waals surface area contributed by atoms with Gasteiger partial charge in [0, 0.05) is 25.6 Å². The lowest BCUT2D eigenvalue weighted by Gasteiger charge is -2.21. The zero-order chi connectivity index (χ0) is 16.4. The Kier molecular flexibility index (Phi) is 6.41. The van der Waals surface area contributed by atoms with E-state index in [1.165, 1.54) is 31.6 Å². The predicted octanol–water partition coefficient (Wildman–Crippen LogP) is 1.53. The Balaban J connectivity index is 0.00000182. The van der Waals surface area contributed by atoms with Gasteiger partial charge in [0.1, 0.15) is 0 Å². The molecule has 3 aliphatic rings. The summed E-state index contributed by atoms with van der Waals surface area (Å²) in [7, 11) is 0. The second-order valence-corrected chi connectivity index (χ2v) is 7.08. The van der Waals surface area contributed by atoms with Crippen molar-refractivity contribution in [3.05, 3.63) is 23.8 Å². The highest BCUT2D eigenvalue weighted by Crippen LogP contribution is 2.36. The van der Waals surface area contributed by atoms with Gasteiger partial charge < -0.3 is 19.7 Å². The fraction of sp³-hybridized carbons (Fsp3) is 0.667. The Hall–Kier alpha value is -1.05. The van der Waals surface area contributed by atoms with Gasteiger partial charge in [0.05, 0.1) is 6.04 Å². The smallest absolute Gasteiger partial charge is 0.231 e. The van der Waals surface area contributed by atoms with Gasteiger partial charge in [0.2, 0.25) is 6.79 Å². The Morgan fingerprint density at radius 2 is 2.12 bits per heavy atom. The van der Waals surface area contributed by atoms with Crippen molar-refractivity contribution in [2.75, 3.05) is 46.1 Å². The van der Waals surface area contributed by atoms with Crippen LogP contribution in [0.25, 0.3) is 0 Å². The molecule has 6 nitrogen and oxygen atoms in total. The molecular formula is C18H29ClN4O2. The van der Waals surface area contributed by atoms with Crippen LogP contribution in [0.15, 0.2) is 18.2 Å². The van der Waals surface area contributed by atoms with Crippen molar-refractivity contribution in [2.24, 2.45) is 11.8 Å². The molecule has 0 bridgehead atoms. The van der Waals surface area contributed by atoms with Crippen molar-refractivity contribution < 1.29 is 9.47 Å². The lowest BCUT2D eigenvalue weighted by atomic mass is 9.94. The van der Waals surface area contributed by atoms with E-state index in [0.29, 0.717) is 18.8 Å². The summed E-state index contributed by atoms with van der Waals surface area (Å²) in [5, 5.41) is 3.70. The molecule has 3 aliphatic heterocycles. The summed E-state index contributed by atoms with van der Waals surface area (Å²) in [5.74, 6) is 3.05. The van der Waals surface area contributed by atoms with Gasteiger partial charge in [-0.15, -0.1) is 12.4 Å². The second kappa shape index (κ2) is 8.56. The number of hydrogen-bond acceptors (Lipinski definition) is 6. The van der Waals surface area contributed by atoms with Crippen molar-refractivity contribution in [2.45, 2.75) is 19.4 Å². The van der Waals surface area contributed by atoms with Crippen molar-refractivity contribution in [3.63, 3.8) is 0 Å². The summed E-state index contributed by atoms with van der Waals surface area (Å²) in [6.07, 6.45) is 1.33. The van der Waals surface area contributed by atoms with E-state index in [9.17, 15) is 0 Å². The molecule has 3 atom stereocenters. The van der Waals surface area contributed by atoms with Crippen LogP contribution in [-0.2, 0) is 0 Å². The average Bonchev–Trinajstić information content (AvgIpc) is 3.34. The fourth-order valence-corrected chi connectivity index (χ4v) is 4.03. The minimum absolute atomic E-state index is 0. The Morgan fingerprint density at radius 3 is 2.96 bits per heavy atom. The molecule has 0 saturated carbocycles. The molecule has 4 rings (SSSR count). The highest BCUT2D eigenvalue weighted by Gasteiger charge is 2.30. The number of halogens is 1. The molecule has 140 valence electrons. The van der Waals surface area contributed by atoms with Crippen LogP contribution < -0.4 is 25.6 Å². The van der Waals surface area contributed by atoms with Gasteiger partial charge in [-0.3, -0.25) is 5.43 Å². The van der Waals surface area contributed by atoms with E-state index in [2.05, 4.69) is 40.1 Å². The highest BCUT2D eigenvalue weighted by atomic mass is 35.5. The normalized spacial score (nSPS) is 28.3. The number of fused-ring (bicyclic) bond motifs is 1. The third-order valence-electron chi connectivity index (χ3n) is 5.51. The fourth-order valence-electron chi connectivity index (χ4n) is 4.03. The highest BCUT2D eigenvalue weighted by molar-refractivity contribution is 5.85. The molecule has 7 heteroatoms. The maximum absolute atomic E-state index is 5.51. The molecule has 0 spiro atoms. The quantitative estimate of drug-likeness (QED) is 0.708. The molecule has 3 heterocycles. The van der Waals surface area contributed by atoms with Gasteiger partial charge in [-0.25, -0.2) is 5.43 Å². The molecule has 1 aromatic rings. The van der Waals surface area contributed by atoms with Crippen LogP contribution in [0.5, 0.6) is 11.5 Å².